The average Bonchev–Trinajstić information content (AvgIpc) is 3.20. The van der Waals surface area contributed by atoms with Gasteiger partial charge in [0.2, 0.25) is 0 Å². The van der Waals surface area contributed by atoms with Gasteiger partial charge in [-0.3, -0.25) is 0 Å². The Kier molecular flexibility index (Phi) is 5.78. The van der Waals surface area contributed by atoms with E-state index in [1.54, 1.807) is 0 Å². The summed E-state index contributed by atoms with van der Waals surface area (Å²) in [6.07, 6.45) is 12.5. The standard InChI is InChI=1S/C15H27N3.HI/c16-15(18-9-5-2-6-10-18)17-14-11-13(14)12-7-3-1-4-8-12;/h12-14H,1-11H2,(H2,16,17);1H. The van der Waals surface area contributed by atoms with Gasteiger partial charge in [0, 0.05) is 13.1 Å². The molecular weight excluding hydrogens is 349 g/mol. The minimum absolute atomic E-state index is 0. The normalized spacial score (nSPS) is 32.8. The van der Waals surface area contributed by atoms with Crippen molar-refractivity contribution in [2.45, 2.75) is 63.8 Å². The van der Waals surface area contributed by atoms with Crippen molar-refractivity contribution in [1.29, 1.82) is 0 Å². The van der Waals surface area contributed by atoms with E-state index < -0.39 is 0 Å². The first kappa shape index (κ1) is 15.4. The van der Waals surface area contributed by atoms with E-state index in [2.05, 4.69) is 4.90 Å². The summed E-state index contributed by atoms with van der Waals surface area (Å²) >= 11 is 0. The molecule has 0 bridgehead atoms. The van der Waals surface area contributed by atoms with Gasteiger partial charge in [-0.25, -0.2) is 4.99 Å². The first-order valence-corrected chi connectivity index (χ1v) is 7.93. The number of likely N-dealkylation sites (tertiary alicyclic amines) is 1. The van der Waals surface area contributed by atoms with E-state index >= 15 is 0 Å². The lowest BCUT2D eigenvalue weighted by atomic mass is 9.85. The second-order valence-corrected chi connectivity index (χ2v) is 6.40. The van der Waals surface area contributed by atoms with Crippen LogP contribution in [0.2, 0.25) is 0 Å². The topological polar surface area (TPSA) is 41.6 Å². The smallest absolute Gasteiger partial charge is 0.191 e. The van der Waals surface area contributed by atoms with E-state index in [4.69, 9.17) is 10.7 Å². The Bertz CT molecular complexity index is 307. The Hall–Kier alpha value is 0. The van der Waals surface area contributed by atoms with Crippen molar-refractivity contribution in [2.24, 2.45) is 22.6 Å². The molecule has 0 aromatic rings. The van der Waals surface area contributed by atoms with Crippen LogP contribution in [-0.4, -0.2) is 30.0 Å². The third kappa shape index (κ3) is 3.99. The summed E-state index contributed by atoms with van der Waals surface area (Å²) in [5, 5.41) is 0. The molecule has 0 aromatic heterocycles. The molecule has 2 unspecified atom stereocenters. The molecule has 0 spiro atoms. The minimum Gasteiger partial charge on any atom is -0.370 e. The lowest BCUT2D eigenvalue weighted by molar-refractivity contribution is 0.316. The van der Waals surface area contributed by atoms with E-state index in [9.17, 15) is 0 Å². The zero-order valence-electron chi connectivity index (χ0n) is 11.9. The van der Waals surface area contributed by atoms with Gasteiger partial charge in [0.15, 0.2) is 5.96 Å². The zero-order chi connectivity index (χ0) is 12.4. The van der Waals surface area contributed by atoms with Crippen LogP contribution in [0.15, 0.2) is 4.99 Å². The van der Waals surface area contributed by atoms with Gasteiger partial charge in [0.1, 0.15) is 0 Å². The summed E-state index contributed by atoms with van der Waals surface area (Å²) in [7, 11) is 0. The van der Waals surface area contributed by atoms with Gasteiger partial charge in [-0.1, -0.05) is 32.1 Å². The summed E-state index contributed by atoms with van der Waals surface area (Å²) in [5.41, 5.74) is 6.16. The fourth-order valence-electron chi connectivity index (χ4n) is 3.79. The highest BCUT2D eigenvalue weighted by atomic mass is 127. The number of halogens is 1. The van der Waals surface area contributed by atoms with Crippen LogP contribution in [-0.2, 0) is 0 Å². The number of rotatable bonds is 2. The van der Waals surface area contributed by atoms with Gasteiger partial charge in [0.05, 0.1) is 6.04 Å². The first-order valence-electron chi connectivity index (χ1n) is 7.93. The van der Waals surface area contributed by atoms with Crippen LogP contribution >= 0.6 is 24.0 Å². The predicted molar refractivity (Wildman–Crippen MR) is 90.9 cm³/mol. The minimum atomic E-state index is 0. The van der Waals surface area contributed by atoms with Crippen LogP contribution < -0.4 is 5.73 Å². The Balaban J connectivity index is 0.00000133. The second kappa shape index (κ2) is 7.14. The molecular formula is C15H28IN3. The lowest BCUT2D eigenvalue weighted by Gasteiger charge is -2.27. The highest BCUT2D eigenvalue weighted by molar-refractivity contribution is 14.0. The SMILES string of the molecule is I.NC(=NC1CC1C1CCCCC1)N1CCCCC1. The molecule has 19 heavy (non-hydrogen) atoms. The average molecular weight is 377 g/mol. The Morgan fingerprint density at radius 2 is 1.58 bits per heavy atom. The molecule has 0 aromatic carbocycles. The van der Waals surface area contributed by atoms with Gasteiger partial charge < -0.3 is 10.6 Å². The number of aliphatic imine (C=N–C) groups is 1. The highest BCUT2D eigenvalue weighted by Crippen LogP contribution is 2.46. The fourth-order valence-corrected chi connectivity index (χ4v) is 3.79. The van der Waals surface area contributed by atoms with E-state index in [1.165, 1.54) is 57.8 Å². The Labute approximate surface area is 134 Å². The second-order valence-electron chi connectivity index (χ2n) is 6.40. The van der Waals surface area contributed by atoms with E-state index in [-0.39, 0.29) is 24.0 Å². The van der Waals surface area contributed by atoms with Crippen molar-refractivity contribution < 1.29 is 0 Å². The van der Waals surface area contributed by atoms with Crippen LogP contribution in [0.3, 0.4) is 0 Å². The molecule has 3 rings (SSSR count). The molecule has 0 radical (unpaired) electrons. The van der Waals surface area contributed by atoms with Crippen LogP contribution in [0, 0.1) is 11.8 Å². The molecule has 2 saturated carbocycles. The van der Waals surface area contributed by atoms with E-state index in [1.807, 2.05) is 0 Å². The van der Waals surface area contributed by atoms with Crippen LogP contribution in [0.25, 0.3) is 0 Å². The van der Waals surface area contributed by atoms with Gasteiger partial charge in [-0.15, -0.1) is 24.0 Å². The number of hydrogen-bond acceptors (Lipinski definition) is 1. The van der Waals surface area contributed by atoms with Gasteiger partial charge >= 0.3 is 0 Å². The van der Waals surface area contributed by atoms with Gasteiger partial charge in [-0.2, -0.15) is 0 Å². The van der Waals surface area contributed by atoms with Crippen LogP contribution in [0.4, 0.5) is 0 Å². The maximum absolute atomic E-state index is 6.16. The van der Waals surface area contributed by atoms with Crippen LogP contribution in [0.5, 0.6) is 0 Å². The van der Waals surface area contributed by atoms with Crippen molar-refractivity contribution in [2.75, 3.05) is 13.1 Å². The third-order valence-electron chi connectivity index (χ3n) is 5.04. The van der Waals surface area contributed by atoms with E-state index in [0.29, 0.717) is 6.04 Å². The van der Waals surface area contributed by atoms with Crippen LogP contribution in [0.1, 0.15) is 57.8 Å². The summed E-state index contributed by atoms with van der Waals surface area (Å²) in [4.78, 5) is 7.08. The summed E-state index contributed by atoms with van der Waals surface area (Å²) < 4.78 is 0. The number of nitrogens with zero attached hydrogens (tertiary/aromatic N) is 2. The molecule has 3 nitrogen and oxygen atoms in total. The molecule has 3 aliphatic rings. The molecule has 2 atom stereocenters. The lowest BCUT2D eigenvalue weighted by Crippen LogP contribution is -2.41. The molecule has 0 amide bonds. The number of guanidine groups is 1. The van der Waals surface area contributed by atoms with Crippen molar-refractivity contribution in [1.82, 2.24) is 4.90 Å². The summed E-state index contributed by atoms with van der Waals surface area (Å²) in [6, 6.07) is 0.565. The highest BCUT2D eigenvalue weighted by Gasteiger charge is 2.43. The van der Waals surface area contributed by atoms with Gasteiger partial charge in [-0.05, 0) is 37.5 Å². The molecule has 2 N–H and O–H groups in total. The zero-order valence-corrected chi connectivity index (χ0v) is 14.2. The predicted octanol–water partition coefficient (Wildman–Crippen LogP) is 3.37. The molecule has 1 saturated heterocycles. The number of nitrogens with two attached hydrogens (primary N) is 1. The van der Waals surface area contributed by atoms with Gasteiger partial charge in [0.25, 0.3) is 0 Å². The molecule has 3 fully saturated rings. The third-order valence-corrected chi connectivity index (χ3v) is 5.04. The van der Waals surface area contributed by atoms with Crippen molar-refractivity contribution >= 4 is 29.9 Å². The first-order chi connectivity index (χ1) is 8.84. The Morgan fingerprint density at radius 3 is 2.26 bits per heavy atom. The molecule has 2 aliphatic carbocycles. The summed E-state index contributed by atoms with van der Waals surface area (Å²) in [5.74, 6) is 2.66. The molecule has 1 aliphatic heterocycles. The maximum atomic E-state index is 6.16. The fraction of sp³-hybridized carbons (Fsp3) is 0.933. The molecule has 110 valence electrons. The Morgan fingerprint density at radius 1 is 0.947 bits per heavy atom. The van der Waals surface area contributed by atoms with Crippen molar-refractivity contribution in [3.05, 3.63) is 0 Å². The number of piperidine rings is 1. The number of hydrogen-bond donors (Lipinski definition) is 1. The largest absolute Gasteiger partial charge is 0.370 e. The monoisotopic (exact) mass is 377 g/mol. The molecule has 1 heterocycles. The summed E-state index contributed by atoms with van der Waals surface area (Å²) in [6.45, 7) is 2.24. The maximum Gasteiger partial charge on any atom is 0.191 e. The molecule has 4 heteroatoms. The quantitative estimate of drug-likeness (QED) is 0.456. The van der Waals surface area contributed by atoms with Crippen molar-refractivity contribution in [3.63, 3.8) is 0 Å². The van der Waals surface area contributed by atoms with Crippen molar-refractivity contribution in [3.8, 4) is 0 Å². The van der Waals surface area contributed by atoms with E-state index in [0.717, 1.165) is 30.9 Å².